The van der Waals surface area contributed by atoms with Crippen LogP contribution in [0.25, 0.3) is 0 Å². The maximum atomic E-state index is 13.0. The first kappa shape index (κ1) is 39.6. The van der Waals surface area contributed by atoms with E-state index in [9.17, 15) is 29.1 Å². The zero-order chi connectivity index (χ0) is 33.4. The van der Waals surface area contributed by atoms with E-state index in [1.807, 2.05) is 0 Å². The fourth-order valence-corrected chi connectivity index (χ4v) is 3.67. The molecule has 0 saturated heterocycles. The second-order valence-electron chi connectivity index (χ2n) is 13.4. The number of rotatable bonds is 15. The van der Waals surface area contributed by atoms with Gasteiger partial charge in [0.15, 0.2) is 5.78 Å². The van der Waals surface area contributed by atoms with Gasteiger partial charge in [0, 0.05) is 13.0 Å². The van der Waals surface area contributed by atoms with Gasteiger partial charge >= 0.3 is 24.2 Å². The first-order valence-electron chi connectivity index (χ1n) is 14.8. The number of carboxylic acid groups (broad SMARTS) is 1. The van der Waals surface area contributed by atoms with E-state index >= 15 is 0 Å². The van der Waals surface area contributed by atoms with Crippen molar-refractivity contribution in [2.24, 2.45) is 4.99 Å². The number of ketones is 1. The molecule has 248 valence electrons. The highest BCUT2D eigenvalue weighted by atomic mass is 16.6. The predicted octanol–water partition coefficient (Wildman–Crippen LogP) is 5.49. The Labute approximate surface area is 256 Å². The van der Waals surface area contributed by atoms with E-state index in [0.29, 0.717) is 50.9 Å². The van der Waals surface area contributed by atoms with Gasteiger partial charge in [-0.3, -0.25) is 15.1 Å². The Bertz CT molecular complexity index is 960. The lowest BCUT2D eigenvalue weighted by atomic mass is 9.99. The van der Waals surface area contributed by atoms with Crippen LogP contribution >= 0.6 is 0 Å². The minimum atomic E-state index is -1.16. The van der Waals surface area contributed by atoms with Gasteiger partial charge in [0.05, 0.1) is 6.04 Å². The maximum absolute atomic E-state index is 13.0. The molecule has 43 heavy (non-hydrogen) atoms. The van der Waals surface area contributed by atoms with E-state index in [1.54, 1.807) is 69.2 Å². The first-order chi connectivity index (χ1) is 19.6. The summed E-state index contributed by atoms with van der Waals surface area (Å²) in [6, 6.07) is -1.85. The average Bonchev–Trinajstić information content (AvgIpc) is 2.78. The molecule has 0 heterocycles. The number of aliphatic imine (C=N–C) groups is 1. The standard InChI is InChI=1S/C30H54N4O9/c1-20(32-25(38)41-28(2,3)4)31-19-15-14-16-21(33-26(39)42-29(5,6)7)23(35)18-13-11-12-17-22(24(36)37)34-27(40)43-30(8,9)10/h21-22H,11-19H2,1-10H3,(H,33,39)(H,34,40)(H,36,37)(H,31,32,38)/t21-,22-/m0/s1. The van der Waals surface area contributed by atoms with Crippen molar-refractivity contribution in [1.82, 2.24) is 16.0 Å². The lowest BCUT2D eigenvalue weighted by Crippen LogP contribution is -2.43. The van der Waals surface area contributed by atoms with E-state index in [-0.39, 0.29) is 18.6 Å². The molecular weight excluding hydrogens is 560 g/mol. The molecule has 4 N–H and O–H groups in total. The van der Waals surface area contributed by atoms with Crippen molar-refractivity contribution < 1.29 is 43.3 Å². The lowest BCUT2D eigenvalue weighted by Gasteiger charge is -2.23. The van der Waals surface area contributed by atoms with Crippen molar-refractivity contribution in [2.45, 2.75) is 149 Å². The number of hydrogen-bond acceptors (Lipinski definition) is 9. The zero-order valence-electron chi connectivity index (χ0n) is 27.7. The molecule has 0 bridgehead atoms. The van der Waals surface area contributed by atoms with Crippen LogP contribution in [0.4, 0.5) is 14.4 Å². The number of hydrogen-bond donors (Lipinski definition) is 4. The van der Waals surface area contributed by atoms with Crippen LogP contribution in [0, 0.1) is 0 Å². The number of carbonyl (C=O) groups is 5. The van der Waals surface area contributed by atoms with Crippen LogP contribution < -0.4 is 16.0 Å². The Balaban J connectivity index is 4.86. The number of amidine groups is 1. The minimum absolute atomic E-state index is 0.154. The van der Waals surface area contributed by atoms with Crippen molar-refractivity contribution in [1.29, 1.82) is 0 Å². The van der Waals surface area contributed by atoms with Crippen molar-refractivity contribution in [2.75, 3.05) is 6.54 Å². The molecular formula is C30H54N4O9. The molecule has 0 aromatic carbocycles. The third kappa shape index (κ3) is 22.8. The smallest absolute Gasteiger partial charge is 0.413 e. The Morgan fingerprint density at radius 2 is 1.09 bits per heavy atom. The number of nitrogens with zero attached hydrogens (tertiary/aromatic N) is 1. The summed E-state index contributed by atoms with van der Waals surface area (Å²) in [5, 5.41) is 17.0. The lowest BCUT2D eigenvalue weighted by molar-refractivity contribution is -0.139. The molecule has 13 heteroatoms. The van der Waals surface area contributed by atoms with Crippen molar-refractivity contribution in [3.63, 3.8) is 0 Å². The molecule has 0 unspecified atom stereocenters. The molecule has 0 radical (unpaired) electrons. The topological polar surface area (TPSA) is 182 Å². The first-order valence-corrected chi connectivity index (χ1v) is 14.8. The van der Waals surface area contributed by atoms with Crippen LogP contribution in [0.3, 0.4) is 0 Å². The average molecular weight is 615 g/mol. The Morgan fingerprint density at radius 1 is 0.651 bits per heavy atom. The monoisotopic (exact) mass is 614 g/mol. The van der Waals surface area contributed by atoms with Crippen molar-refractivity contribution >= 4 is 35.9 Å². The molecule has 0 aliphatic carbocycles. The van der Waals surface area contributed by atoms with E-state index < -0.39 is 53.1 Å². The highest BCUT2D eigenvalue weighted by molar-refractivity contribution is 5.93. The number of unbranched alkanes of at least 4 members (excludes halogenated alkanes) is 3. The number of nitrogens with one attached hydrogen (secondary N) is 3. The third-order valence-corrected chi connectivity index (χ3v) is 5.42. The van der Waals surface area contributed by atoms with E-state index in [1.165, 1.54) is 0 Å². The number of amides is 3. The normalized spacial score (nSPS) is 13.8. The molecule has 3 amide bonds. The number of alkyl carbamates (subject to hydrolysis) is 3. The molecule has 13 nitrogen and oxygen atoms in total. The van der Waals surface area contributed by atoms with Crippen LogP contribution in [0.5, 0.6) is 0 Å². The van der Waals surface area contributed by atoms with Crippen molar-refractivity contribution in [3.05, 3.63) is 0 Å². The van der Waals surface area contributed by atoms with Crippen LogP contribution in [0.15, 0.2) is 4.99 Å². The number of ether oxygens (including phenoxy) is 3. The fourth-order valence-electron chi connectivity index (χ4n) is 3.67. The van der Waals surface area contributed by atoms with Crippen molar-refractivity contribution in [3.8, 4) is 0 Å². The second-order valence-corrected chi connectivity index (χ2v) is 13.4. The van der Waals surface area contributed by atoms with Gasteiger partial charge in [-0.1, -0.05) is 12.8 Å². The maximum Gasteiger partial charge on any atom is 0.413 e. The van der Waals surface area contributed by atoms with Crippen LogP contribution in [-0.4, -0.2) is 76.4 Å². The molecule has 0 saturated carbocycles. The van der Waals surface area contributed by atoms with Gasteiger partial charge in [-0.25, -0.2) is 19.2 Å². The zero-order valence-corrected chi connectivity index (χ0v) is 27.7. The molecule has 0 aliphatic rings. The summed E-state index contributed by atoms with van der Waals surface area (Å²) < 4.78 is 15.6. The summed E-state index contributed by atoms with van der Waals surface area (Å²) in [6.45, 7) is 17.6. The summed E-state index contributed by atoms with van der Waals surface area (Å²) in [6.07, 6.45) is 1.42. The summed E-state index contributed by atoms with van der Waals surface area (Å²) in [5.74, 6) is -0.900. The predicted molar refractivity (Wildman–Crippen MR) is 163 cm³/mol. The number of aliphatic carboxylic acids is 1. The molecule has 0 aromatic rings. The van der Waals surface area contributed by atoms with Gasteiger partial charge in [0.25, 0.3) is 0 Å². The largest absolute Gasteiger partial charge is 0.480 e. The minimum Gasteiger partial charge on any atom is -0.480 e. The molecule has 0 fully saturated rings. The second kappa shape index (κ2) is 18.3. The highest BCUT2D eigenvalue weighted by Crippen LogP contribution is 2.14. The summed E-state index contributed by atoms with van der Waals surface area (Å²) in [4.78, 5) is 65.0. The molecule has 0 rings (SSSR count). The van der Waals surface area contributed by atoms with Gasteiger partial charge in [0.2, 0.25) is 0 Å². The van der Waals surface area contributed by atoms with E-state index in [2.05, 4.69) is 20.9 Å². The van der Waals surface area contributed by atoms with Crippen LogP contribution in [-0.2, 0) is 23.8 Å². The summed E-state index contributed by atoms with van der Waals surface area (Å²) in [5.41, 5.74) is -2.09. The molecule has 2 atom stereocenters. The molecule has 0 spiro atoms. The number of carbonyl (C=O) groups excluding carboxylic acids is 4. The Kier molecular flexibility index (Phi) is 16.9. The molecule has 0 aromatic heterocycles. The van der Waals surface area contributed by atoms with Gasteiger partial charge in [-0.2, -0.15) is 0 Å². The van der Waals surface area contributed by atoms with Gasteiger partial charge in [-0.05, 0) is 101 Å². The molecule has 0 aliphatic heterocycles. The summed E-state index contributed by atoms with van der Waals surface area (Å²) in [7, 11) is 0. The number of carboxylic acids is 1. The van der Waals surface area contributed by atoms with Gasteiger partial charge in [0.1, 0.15) is 28.7 Å². The Hall–Kier alpha value is -3.38. The Morgan fingerprint density at radius 3 is 1.58 bits per heavy atom. The number of Topliss-reactive ketones (excluding diaryl/α,β-unsaturated/α-hetero) is 1. The fraction of sp³-hybridized carbons (Fsp3) is 0.800. The van der Waals surface area contributed by atoms with E-state index in [0.717, 1.165) is 0 Å². The van der Waals surface area contributed by atoms with Gasteiger partial charge in [-0.15, -0.1) is 0 Å². The van der Waals surface area contributed by atoms with E-state index in [4.69, 9.17) is 14.2 Å². The highest BCUT2D eigenvalue weighted by Gasteiger charge is 2.25. The third-order valence-electron chi connectivity index (χ3n) is 5.42. The van der Waals surface area contributed by atoms with Crippen LogP contribution in [0.2, 0.25) is 0 Å². The SMILES string of the molecule is CC(=NCCCC[C@H](NC(=O)OC(C)(C)C)C(=O)CCCCC[C@H](NC(=O)OC(C)(C)C)C(=O)O)NC(=O)OC(C)(C)C. The quantitative estimate of drug-likeness (QED) is 0.0802. The van der Waals surface area contributed by atoms with Gasteiger partial charge < -0.3 is 30.0 Å². The summed E-state index contributed by atoms with van der Waals surface area (Å²) >= 11 is 0. The van der Waals surface area contributed by atoms with Crippen LogP contribution in [0.1, 0.15) is 121 Å².